The first-order chi connectivity index (χ1) is 8.59. The molecule has 0 fully saturated rings. The molecule has 0 aliphatic rings. The van der Waals surface area contributed by atoms with Gasteiger partial charge in [-0.3, -0.25) is 9.20 Å². The lowest BCUT2D eigenvalue weighted by Crippen LogP contribution is -2.01. The maximum atomic E-state index is 11.8. The fourth-order valence-corrected chi connectivity index (χ4v) is 2.39. The van der Waals surface area contributed by atoms with Crippen molar-refractivity contribution in [3.05, 3.63) is 41.7 Å². The van der Waals surface area contributed by atoms with Crippen LogP contribution in [0.3, 0.4) is 0 Å². The highest BCUT2D eigenvalue weighted by atomic mass is 16.3. The molecule has 1 aromatic carbocycles. The van der Waals surface area contributed by atoms with Gasteiger partial charge < -0.3 is 5.11 Å². The van der Waals surface area contributed by atoms with Crippen LogP contribution in [0.5, 0.6) is 5.75 Å². The quantitative estimate of drug-likeness (QED) is 0.665. The van der Waals surface area contributed by atoms with E-state index in [4.69, 9.17) is 0 Å². The molecule has 0 saturated heterocycles. The van der Waals surface area contributed by atoms with Crippen LogP contribution in [0.15, 0.2) is 30.3 Å². The number of phenols is 1. The van der Waals surface area contributed by atoms with Gasteiger partial charge in [0.15, 0.2) is 5.78 Å². The molecule has 0 spiro atoms. The summed E-state index contributed by atoms with van der Waals surface area (Å²) in [5.74, 6) is 0.0914. The Morgan fingerprint density at radius 1 is 1.28 bits per heavy atom. The van der Waals surface area contributed by atoms with Crippen molar-refractivity contribution in [3.8, 4) is 5.75 Å². The first-order valence-electron chi connectivity index (χ1n) is 5.70. The number of para-hydroxylation sites is 1. The fourth-order valence-electron chi connectivity index (χ4n) is 2.39. The van der Waals surface area contributed by atoms with Crippen molar-refractivity contribution in [3.63, 3.8) is 0 Å². The first kappa shape index (κ1) is 10.8. The summed E-state index contributed by atoms with van der Waals surface area (Å²) < 4.78 is 1.72. The molecule has 1 N–H and O–H groups in total. The molecule has 0 aliphatic heterocycles. The number of imidazole rings is 1. The Labute approximate surface area is 104 Å². The molecular weight excluding hydrogens is 228 g/mol. The molecule has 2 heterocycles. The summed E-state index contributed by atoms with van der Waals surface area (Å²) in [5, 5.41) is 10.9. The van der Waals surface area contributed by atoms with Crippen LogP contribution < -0.4 is 0 Å². The van der Waals surface area contributed by atoms with Gasteiger partial charge >= 0.3 is 0 Å². The minimum Gasteiger partial charge on any atom is -0.506 e. The summed E-state index contributed by atoms with van der Waals surface area (Å²) >= 11 is 0. The first-order valence-corrected chi connectivity index (χ1v) is 5.70. The molecule has 18 heavy (non-hydrogen) atoms. The number of hydrogen-bond acceptors (Lipinski definition) is 3. The molecule has 90 valence electrons. The SMILES string of the molecule is CC(=O)c1c(C)nc2ccc3cccc(O)c3n12. The number of carbonyl (C=O) groups excluding carboxylic acids is 1. The number of hydrogen-bond donors (Lipinski definition) is 1. The van der Waals surface area contributed by atoms with Crippen LogP contribution in [0.1, 0.15) is 23.1 Å². The number of benzene rings is 1. The standard InChI is InChI=1S/C14H12N2O2/c1-8-13(9(2)17)16-12(15-8)7-6-10-4-3-5-11(18)14(10)16/h3-7,18H,1-2H3. The second-order valence-electron chi connectivity index (χ2n) is 4.34. The highest BCUT2D eigenvalue weighted by Gasteiger charge is 2.16. The van der Waals surface area contributed by atoms with Gasteiger partial charge in [0, 0.05) is 12.3 Å². The number of fused-ring (bicyclic) bond motifs is 3. The number of ketones is 1. The Balaban J connectivity index is 2.64. The van der Waals surface area contributed by atoms with Gasteiger partial charge in [0.05, 0.1) is 11.2 Å². The van der Waals surface area contributed by atoms with Crippen molar-refractivity contribution in [1.82, 2.24) is 9.38 Å². The van der Waals surface area contributed by atoms with Crippen LogP contribution in [-0.4, -0.2) is 20.3 Å². The molecule has 0 aliphatic carbocycles. The van der Waals surface area contributed by atoms with Gasteiger partial charge in [0.2, 0.25) is 0 Å². The van der Waals surface area contributed by atoms with Gasteiger partial charge in [0.1, 0.15) is 17.1 Å². The minimum absolute atomic E-state index is 0.0595. The van der Waals surface area contributed by atoms with Crippen molar-refractivity contribution in [2.24, 2.45) is 0 Å². The number of nitrogens with zero attached hydrogens (tertiary/aromatic N) is 2. The van der Waals surface area contributed by atoms with Gasteiger partial charge in [-0.2, -0.15) is 0 Å². The molecule has 4 heteroatoms. The average Bonchev–Trinajstić information content (AvgIpc) is 2.65. The molecule has 4 nitrogen and oxygen atoms in total. The summed E-state index contributed by atoms with van der Waals surface area (Å²) in [7, 11) is 0. The van der Waals surface area contributed by atoms with Crippen molar-refractivity contribution < 1.29 is 9.90 Å². The van der Waals surface area contributed by atoms with E-state index in [1.54, 1.807) is 23.5 Å². The number of pyridine rings is 1. The van der Waals surface area contributed by atoms with Crippen molar-refractivity contribution in [1.29, 1.82) is 0 Å². The van der Waals surface area contributed by atoms with Crippen LogP contribution in [-0.2, 0) is 0 Å². The smallest absolute Gasteiger partial charge is 0.178 e. The molecule has 0 unspecified atom stereocenters. The zero-order valence-electron chi connectivity index (χ0n) is 10.1. The molecule has 2 aromatic heterocycles. The lowest BCUT2D eigenvalue weighted by molar-refractivity contribution is 0.101. The van der Waals surface area contributed by atoms with E-state index in [-0.39, 0.29) is 11.5 Å². The Morgan fingerprint density at radius 2 is 2.06 bits per heavy atom. The van der Waals surface area contributed by atoms with Crippen molar-refractivity contribution in [2.45, 2.75) is 13.8 Å². The predicted octanol–water partition coefficient (Wildman–Crippen LogP) is 2.70. The Kier molecular flexibility index (Phi) is 2.13. The highest BCUT2D eigenvalue weighted by molar-refractivity contribution is 5.98. The van der Waals surface area contributed by atoms with E-state index in [2.05, 4.69) is 4.98 Å². The Hall–Kier alpha value is -2.36. The summed E-state index contributed by atoms with van der Waals surface area (Å²) in [6.07, 6.45) is 0. The molecule has 0 amide bonds. The van der Waals surface area contributed by atoms with Gasteiger partial charge in [-0.1, -0.05) is 12.1 Å². The third-order valence-electron chi connectivity index (χ3n) is 3.09. The molecular formula is C14H12N2O2. The van der Waals surface area contributed by atoms with E-state index in [1.807, 2.05) is 18.2 Å². The monoisotopic (exact) mass is 240 g/mol. The van der Waals surface area contributed by atoms with E-state index in [0.717, 1.165) is 5.39 Å². The molecule has 3 aromatic rings. The summed E-state index contributed by atoms with van der Waals surface area (Å²) in [4.78, 5) is 16.1. The van der Waals surface area contributed by atoms with Crippen LogP contribution in [0, 0.1) is 6.92 Å². The van der Waals surface area contributed by atoms with Gasteiger partial charge in [-0.25, -0.2) is 4.98 Å². The van der Waals surface area contributed by atoms with Crippen molar-refractivity contribution >= 4 is 22.3 Å². The lowest BCUT2D eigenvalue weighted by atomic mass is 10.2. The topological polar surface area (TPSA) is 54.6 Å². The predicted molar refractivity (Wildman–Crippen MR) is 69.1 cm³/mol. The van der Waals surface area contributed by atoms with E-state index >= 15 is 0 Å². The average molecular weight is 240 g/mol. The molecule has 0 radical (unpaired) electrons. The highest BCUT2D eigenvalue weighted by Crippen LogP contribution is 2.27. The molecule has 0 atom stereocenters. The number of carbonyl (C=O) groups is 1. The normalized spacial score (nSPS) is 11.2. The zero-order valence-corrected chi connectivity index (χ0v) is 10.1. The van der Waals surface area contributed by atoms with E-state index in [0.29, 0.717) is 22.6 Å². The van der Waals surface area contributed by atoms with Gasteiger partial charge in [-0.15, -0.1) is 0 Å². The number of rotatable bonds is 1. The third-order valence-corrected chi connectivity index (χ3v) is 3.09. The number of phenolic OH excluding ortho intramolecular Hbond substituents is 1. The molecule has 0 saturated carbocycles. The molecule has 0 bridgehead atoms. The van der Waals surface area contributed by atoms with Gasteiger partial charge in [-0.05, 0) is 25.1 Å². The van der Waals surface area contributed by atoms with E-state index in [1.165, 1.54) is 6.92 Å². The Bertz CT molecular complexity index is 787. The van der Waals surface area contributed by atoms with Crippen molar-refractivity contribution in [2.75, 3.05) is 0 Å². The largest absolute Gasteiger partial charge is 0.506 e. The number of Topliss-reactive ketones (excluding diaryl/α,β-unsaturated/α-hetero) is 1. The van der Waals surface area contributed by atoms with Crippen LogP contribution in [0.2, 0.25) is 0 Å². The third kappa shape index (κ3) is 1.32. The number of aromatic nitrogens is 2. The van der Waals surface area contributed by atoms with Crippen LogP contribution in [0.4, 0.5) is 0 Å². The number of aryl methyl sites for hydroxylation is 1. The second-order valence-corrected chi connectivity index (χ2v) is 4.34. The van der Waals surface area contributed by atoms with Crippen LogP contribution in [0.25, 0.3) is 16.6 Å². The molecule has 3 rings (SSSR count). The lowest BCUT2D eigenvalue weighted by Gasteiger charge is -2.06. The van der Waals surface area contributed by atoms with E-state index < -0.39 is 0 Å². The summed E-state index contributed by atoms with van der Waals surface area (Å²) in [6.45, 7) is 3.31. The minimum atomic E-state index is -0.0595. The maximum absolute atomic E-state index is 11.8. The maximum Gasteiger partial charge on any atom is 0.178 e. The van der Waals surface area contributed by atoms with Crippen LogP contribution >= 0.6 is 0 Å². The fraction of sp³-hybridized carbons (Fsp3) is 0.143. The van der Waals surface area contributed by atoms with E-state index in [9.17, 15) is 9.90 Å². The summed E-state index contributed by atoms with van der Waals surface area (Å²) in [6, 6.07) is 9.03. The number of aromatic hydroxyl groups is 1. The zero-order chi connectivity index (χ0) is 12.9. The Morgan fingerprint density at radius 3 is 2.78 bits per heavy atom. The second kappa shape index (κ2) is 3.57. The van der Waals surface area contributed by atoms with Gasteiger partial charge in [0.25, 0.3) is 0 Å². The summed E-state index contributed by atoms with van der Waals surface area (Å²) in [5.41, 5.74) is 2.50.